The average Bonchev–Trinajstić information content (AvgIpc) is 3.13. The van der Waals surface area contributed by atoms with Crippen LogP contribution in [0.25, 0.3) is 0 Å². The number of nitrogens with zero attached hydrogens (tertiary/aromatic N) is 3. The highest BCUT2D eigenvalue weighted by atomic mass is 16.5. The lowest BCUT2D eigenvalue weighted by Gasteiger charge is -2.36. The molecule has 2 heterocycles. The van der Waals surface area contributed by atoms with Crippen LogP contribution in [0.4, 0.5) is 5.69 Å². The Morgan fingerprint density at radius 2 is 1.88 bits per heavy atom. The van der Waals surface area contributed by atoms with E-state index in [1.54, 1.807) is 13.2 Å². The minimum absolute atomic E-state index is 0.130. The van der Waals surface area contributed by atoms with Crippen molar-refractivity contribution in [1.29, 1.82) is 0 Å². The summed E-state index contributed by atoms with van der Waals surface area (Å²) >= 11 is 0. The largest absolute Gasteiger partial charge is 0.495 e. The Bertz CT molecular complexity index is 733. The van der Waals surface area contributed by atoms with Crippen LogP contribution in [0, 0.1) is 0 Å². The molecular weight excluding hydrogens is 318 g/mol. The Balaban J connectivity index is 1.53. The van der Waals surface area contributed by atoms with Gasteiger partial charge in [-0.05, 0) is 24.3 Å². The zero-order valence-corrected chi connectivity index (χ0v) is 14.4. The van der Waals surface area contributed by atoms with Gasteiger partial charge in [0.2, 0.25) is 5.91 Å². The highest BCUT2D eigenvalue weighted by molar-refractivity contribution is 5.77. The number of amides is 1. The maximum Gasteiger partial charge on any atom is 0.224 e. The van der Waals surface area contributed by atoms with E-state index in [2.05, 4.69) is 4.90 Å². The minimum Gasteiger partial charge on any atom is -0.495 e. The van der Waals surface area contributed by atoms with Gasteiger partial charge in [-0.3, -0.25) is 9.59 Å². The number of aryl methyl sites for hydroxylation is 1. The number of methoxy groups -OCH3 is 1. The topological polar surface area (TPSA) is 54.8 Å². The van der Waals surface area contributed by atoms with Gasteiger partial charge in [-0.15, -0.1) is 0 Å². The summed E-state index contributed by atoms with van der Waals surface area (Å²) in [6, 6.07) is 11.5. The van der Waals surface area contributed by atoms with Crippen molar-refractivity contribution in [2.75, 3.05) is 38.2 Å². The van der Waals surface area contributed by atoms with Crippen LogP contribution >= 0.6 is 0 Å². The number of para-hydroxylation sites is 2. The number of hydrogen-bond acceptors (Lipinski definition) is 4. The molecule has 0 unspecified atom stereocenters. The maximum absolute atomic E-state index is 12.4. The standard InChI is InChI=1S/C19H23N3O3/c1-25-18-7-3-2-6-17(18)21-11-13-22(14-12-21)19(24)8-10-20-9-4-5-16(20)15-23/h2-7,9,15H,8,10-14H2,1H3. The van der Waals surface area contributed by atoms with Crippen molar-refractivity contribution in [3.63, 3.8) is 0 Å². The second-order valence-corrected chi connectivity index (χ2v) is 6.03. The molecule has 0 bridgehead atoms. The van der Waals surface area contributed by atoms with Crippen molar-refractivity contribution in [3.8, 4) is 5.75 Å². The Kier molecular flexibility index (Phi) is 5.38. The van der Waals surface area contributed by atoms with Crippen molar-refractivity contribution >= 4 is 17.9 Å². The van der Waals surface area contributed by atoms with E-state index in [1.807, 2.05) is 46.0 Å². The lowest BCUT2D eigenvalue weighted by molar-refractivity contribution is -0.131. The van der Waals surface area contributed by atoms with Gasteiger partial charge in [-0.25, -0.2) is 0 Å². The van der Waals surface area contributed by atoms with E-state index in [0.717, 1.165) is 30.8 Å². The normalized spacial score (nSPS) is 14.4. The molecule has 1 aromatic carbocycles. The first-order chi connectivity index (χ1) is 12.2. The molecule has 1 saturated heterocycles. The number of hydrogen-bond donors (Lipinski definition) is 0. The number of carbonyl (C=O) groups excluding carboxylic acids is 2. The Labute approximate surface area is 147 Å². The van der Waals surface area contributed by atoms with Crippen molar-refractivity contribution in [1.82, 2.24) is 9.47 Å². The quantitative estimate of drug-likeness (QED) is 0.755. The third kappa shape index (κ3) is 3.84. The first kappa shape index (κ1) is 17.1. The van der Waals surface area contributed by atoms with Crippen molar-refractivity contribution in [2.45, 2.75) is 13.0 Å². The first-order valence-electron chi connectivity index (χ1n) is 8.49. The van der Waals surface area contributed by atoms with E-state index >= 15 is 0 Å². The van der Waals surface area contributed by atoms with Gasteiger partial charge in [0.25, 0.3) is 0 Å². The van der Waals surface area contributed by atoms with Crippen molar-refractivity contribution in [3.05, 3.63) is 48.3 Å². The molecule has 1 amide bonds. The molecule has 0 spiro atoms. The van der Waals surface area contributed by atoms with Gasteiger partial charge >= 0.3 is 0 Å². The lowest BCUT2D eigenvalue weighted by Crippen LogP contribution is -2.49. The van der Waals surface area contributed by atoms with Gasteiger partial charge in [-0.1, -0.05) is 12.1 Å². The summed E-state index contributed by atoms with van der Waals surface area (Å²) in [6.07, 6.45) is 3.05. The summed E-state index contributed by atoms with van der Waals surface area (Å²) in [5.74, 6) is 0.988. The molecule has 0 radical (unpaired) electrons. The molecule has 1 aromatic heterocycles. The number of carbonyl (C=O) groups is 2. The monoisotopic (exact) mass is 341 g/mol. The Hall–Kier alpha value is -2.76. The van der Waals surface area contributed by atoms with Crippen molar-refractivity contribution in [2.24, 2.45) is 0 Å². The first-order valence-corrected chi connectivity index (χ1v) is 8.49. The van der Waals surface area contributed by atoms with Gasteiger partial charge in [0.05, 0.1) is 18.5 Å². The molecular formula is C19H23N3O3. The SMILES string of the molecule is COc1ccccc1N1CCN(C(=O)CCn2cccc2C=O)CC1. The fourth-order valence-corrected chi connectivity index (χ4v) is 3.20. The maximum atomic E-state index is 12.4. The molecule has 1 fully saturated rings. The lowest BCUT2D eigenvalue weighted by atomic mass is 10.2. The molecule has 2 aromatic rings. The Morgan fingerprint density at radius 3 is 2.60 bits per heavy atom. The molecule has 0 N–H and O–H groups in total. The summed E-state index contributed by atoms with van der Waals surface area (Å²) in [4.78, 5) is 27.5. The number of piperazine rings is 1. The van der Waals surface area contributed by atoms with Gasteiger partial charge in [-0.2, -0.15) is 0 Å². The van der Waals surface area contributed by atoms with Gasteiger partial charge in [0.1, 0.15) is 5.75 Å². The molecule has 1 aliphatic heterocycles. The van der Waals surface area contributed by atoms with Gasteiger partial charge in [0, 0.05) is 45.3 Å². The average molecular weight is 341 g/mol. The van der Waals surface area contributed by atoms with Gasteiger partial charge in [0.15, 0.2) is 6.29 Å². The molecule has 0 saturated carbocycles. The zero-order valence-electron chi connectivity index (χ0n) is 14.4. The number of aromatic nitrogens is 1. The van der Waals surface area contributed by atoms with E-state index in [1.165, 1.54) is 0 Å². The Morgan fingerprint density at radius 1 is 1.12 bits per heavy atom. The van der Waals surface area contributed by atoms with Crippen molar-refractivity contribution < 1.29 is 14.3 Å². The summed E-state index contributed by atoms with van der Waals surface area (Å²) < 4.78 is 7.24. The molecule has 6 heteroatoms. The molecule has 25 heavy (non-hydrogen) atoms. The number of anilines is 1. The third-order valence-corrected chi connectivity index (χ3v) is 4.61. The van der Waals surface area contributed by atoms with Crippen LogP contribution in [0.15, 0.2) is 42.6 Å². The second-order valence-electron chi connectivity index (χ2n) is 6.03. The summed E-state index contributed by atoms with van der Waals surface area (Å²) in [5, 5.41) is 0. The summed E-state index contributed by atoms with van der Waals surface area (Å²) in [6.45, 7) is 3.50. The van der Waals surface area contributed by atoms with Crippen LogP contribution in [0.5, 0.6) is 5.75 Å². The second kappa shape index (κ2) is 7.88. The van der Waals surface area contributed by atoms with E-state index in [4.69, 9.17) is 4.74 Å². The molecule has 0 aliphatic carbocycles. The van der Waals surface area contributed by atoms with Crippen LogP contribution in [0.2, 0.25) is 0 Å². The number of aldehydes is 1. The zero-order chi connectivity index (χ0) is 17.6. The molecule has 132 valence electrons. The van der Waals surface area contributed by atoms with Crippen LogP contribution in [-0.4, -0.2) is 54.9 Å². The van der Waals surface area contributed by atoms with Crippen LogP contribution in [0.3, 0.4) is 0 Å². The van der Waals surface area contributed by atoms with Crippen LogP contribution in [-0.2, 0) is 11.3 Å². The van der Waals surface area contributed by atoms with E-state index < -0.39 is 0 Å². The number of benzene rings is 1. The third-order valence-electron chi connectivity index (χ3n) is 4.61. The summed E-state index contributed by atoms with van der Waals surface area (Å²) in [5.41, 5.74) is 1.67. The number of ether oxygens (including phenoxy) is 1. The fourth-order valence-electron chi connectivity index (χ4n) is 3.20. The fraction of sp³-hybridized carbons (Fsp3) is 0.368. The highest BCUT2D eigenvalue weighted by Crippen LogP contribution is 2.28. The van der Waals surface area contributed by atoms with E-state index in [-0.39, 0.29) is 5.91 Å². The minimum atomic E-state index is 0.130. The number of rotatable bonds is 6. The predicted molar refractivity (Wildman–Crippen MR) is 96.2 cm³/mol. The molecule has 0 atom stereocenters. The predicted octanol–water partition coefficient (Wildman–Crippen LogP) is 2.05. The van der Waals surface area contributed by atoms with E-state index in [0.29, 0.717) is 31.7 Å². The van der Waals surface area contributed by atoms with Crippen LogP contribution < -0.4 is 9.64 Å². The summed E-state index contributed by atoms with van der Waals surface area (Å²) in [7, 11) is 1.67. The smallest absolute Gasteiger partial charge is 0.224 e. The highest BCUT2D eigenvalue weighted by Gasteiger charge is 2.22. The molecule has 6 nitrogen and oxygen atoms in total. The van der Waals surface area contributed by atoms with Gasteiger partial charge < -0.3 is 19.1 Å². The van der Waals surface area contributed by atoms with Crippen LogP contribution in [0.1, 0.15) is 16.9 Å². The molecule has 1 aliphatic rings. The molecule has 3 rings (SSSR count). The van der Waals surface area contributed by atoms with E-state index in [9.17, 15) is 9.59 Å².